The summed E-state index contributed by atoms with van der Waals surface area (Å²) in [7, 11) is 0. The first kappa shape index (κ1) is 14.6. The van der Waals surface area contributed by atoms with Gasteiger partial charge in [0.2, 0.25) is 0 Å². The topological polar surface area (TPSA) is 55.5 Å². The average molecular weight is 271 g/mol. The molecule has 0 spiro atoms. The maximum atomic E-state index is 10.0. The van der Waals surface area contributed by atoms with Crippen LogP contribution in [-0.2, 0) is 0 Å². The van der Waals surface area contributed by atoms with E-state index in [1.165, 1.54) is 0 Å². The molecular formula is C17H21NO2. The zero-order chi connectivity index (χ0) is 14.4. The molecule has 3 nitrogen and oxygen atoms in total. The number of ether oxygens (including phenoxy) is 1. The van der Waals surface area contributed by atoms with Crippen LogP contribution in [0.4, 0.5) is 0 Å². The van der Waals surface area contributed by atoms with E-state index < -0.39 is 6.10 Å². The molecule has 3 heteroatoms. The summed E-state index contributed by atoms with van der Waals surface area (Å²) in [4.78, 5) is 0. The van der Waals surface area contributed by atoms with Crippen LogP contribution in [0, 0.1) is 0 Å². The summed E-state index contributed by atoms with van der Waals surface area (Å²) in [6, 6.07) is 17.3. The Morgan fingerprint density at radius 1 is 1.00 bits per heavy atom. The maximum absolute atomic E-state index is 10.0. The highest BCUT2D eigenvalue weighted by atomic mass is 16.5. The summed E-state index contributed by atoms with van der Waals surface area (Å²) in [5.74, 6) is 0.743. The molecule has 0 heterocycles. The molecule has 0 saturated heterocycles. The molecule has 0 aliphatic rings. The first-order valence-electron chi connectivity index (χ1n) is 6.92. The summed E-state index contributed by atoms with van der Waals surface area (Å²) in [6.07, 6.45) is 0.293. The first-order valence-corrected chi connectivity index (χ1v) is 6.92. The average Bonchev–Trinajstić information content (AvgIpc) is 2.53. The lowest BCUT2D eigenvalue weighted by Crippen LogP contribution is -2.10. The minimum Gasteiger partial charge on any atom is -0.491 e. The van der Waals surface area contributed by atoms with Gasteiger partial charge < -0.3 is 15.6 Å². The highest BCUT2D eigenvalue weighted by molar-refractivity contribution is 5.29. The predicted octanol–water partition coefficient (Wildman–Crippen LogP) is 3.21. The van der Waals surface area contributed by atoms with Crippen molar-refractivity contribution in [3.8, 4) is 5.75 Å². The van der Waals surface area contributed by atoms with Crippen LogP contribution in [0.3, 0.4) is 0 Å². The van der Waals surface area contributed by atoms with Crippen molar-refractivity contribution in [1.29, 1.82) is 0 Å². The fraction of sp³-hybridized carbons (Fsp3) is 0.294. The Morgan fingerprint density at radius 3 is 2.25 bits per heavy atom. The number of hydrogen-bond donors (Lipinski definition) is 2. The highest BCUT2D eigenvalue weighted by Crippen LogP contribution is 2.20. The molecule has 2 aromatic rings. The van der Waals surface area contributed by atoms with Crippen LogP contribution in [0.1, 0.15) is 36.6 Å². The van der Waals surface area contributed by atoms with Crippen LogP contribution in [0.2, 0.25) is 0 Å². The third-order valence-electron chi connectivity index (χ3n) is 3.34. The Labute approximate surface area is 120 Å². The maximum Gasteiger partial charge on any atom is 0.119 e. The summed E-state index contributed by atoms with van der Waals surface area (Å²) < 4.78 is 5.60. The Bertz CT molecular complexity index is 510. The van der Waals surface area contributed by atoms with Crippen LogP contribution >= 0.6 is 0 Å². The number of hydrogen-bond acceptors (Lipinski definition) is 3. The standard InChI is InChI=1S/C17H21NO2/c1-2-16(18)13-8-10-15(11-9-13)20-12-17(19)14-6-4-3-5-7-14/h3-11,16-17,19H,2,12,18H2,1H3/t16-,17?/m0/s1. The molecule has 106 valence electrons. The normalized spacial score (nSPS) is 13.8. The van der Waals surface area contributed by atoms with Crippen molar-refractivity contribution in [2.45, 2.75) is 25.5 Å². The number of nitrogens with two attached hydrogens (primary N) is 1. The number of rotatable bonds is 6. The fourth-order valence-corrected chi connectivity index (χ4v) is 1.99. The molecule has 2 aromatic carbocycles. The Morgan fingerprint density at radius 2 is 1.65 bits per heavy atom. The van der Waals surface area contributed by atoms with E-state index in [4.69, 9.17) is 10.5 Å². The van der Waals surface area contributed by atoms with Gasteiger partial charge in [0.25, 0.3) is 0 Å². The Kier molecular flexibility index (Phi) is 5.16. The fourth-order valence-electron chi connectivity index (χ4n) is 1.99. The zero-order valence-corrected chi connectivity index (χ0v) is 11.7. The van der Waals surface area contributed by atoms with E-state index in [9.17, 15) is 5.11 Å². The van der Waals surface area contributed by atoms with Crippen LogP contribution < -0.4 is 10.5 Å². The molecule has 0 aliphatic carbocycles. The summed E-state index contributed by atoms with van der Waals surface area (Å²) in [5.41, 5.74) is 7.92. The SMILES string of the molecule is CC[C@H](N)c1ccc(OCC(O)c2ccccc2)cc1. The van der Waals surface area contributed by atoms with Crippen molar-refractivity contribution in [2.24, 2.45) is 5.73 Å². The number of benzene rings is 2. The van der Waals surface area contributed by atoms with Crippen molar-refractivity contribution in [3.05, 3.63) is 65.7 Å². The highest BCUT2D eigenvalue weighted by Gasteiger charge is 2.08. The van der Waals surface area contributed by atoms with Gasteiger partial charge in [0.1, 0.15) is 18.5 Å². The van der Waals surface area contributed by atoms with E-state index in [1.807, 2.05) is 54.6 Å². The third-order valence-corrected chi connectivity index (χ3v) is 3.34. The molecule has 2 rings (SSSR count). The molecule has 20 heavy (non-hydrogen) atoms. The van der Waals surface area contributed by atoms with Gasteiger partial charge in [0.15, 0.2) is 0 Å². The van der Waals surface area contributed by atoms with Crippen molar-refractivity contribution in [1.82, 2.24) is 0 Å². The van der Waals surface area contributed by atoms with Gasteiger partial charge in [-0.2, -0.15) is 0 Å². The molecule has 0 fully saturated rings. The van der Waals surface area contributed by atoms with E-state index in [-0.39, 0.29) is 12.6 Å². The van der Waals surface area contributed by atoms with E-state index >= 15 is 0 Å². The van der Waals surface area contributed by atoms with Gasteiger partial charge in [-0.3, -0.25) is 0 Å². The Balaban J connectivity index is 1.91. The smallest absolute Gasteiger partial charge is 0.119 e. The van der Waals surface area contributed by atoms with Gasteiger partial charge in [0.05, 0.1) is 0 Å². The van der Waals surface area contributed by atoms with Crippen LogP contribution in [0.25, 0.3) is 0 Å². The minimum absolute atomic E-state index is 0.0685. The predicted molar refractivity (Wildman–Crippen MR) is 80.6 cm³/mol. The summed E-state index contributed by atoms with van der Waals surface area (Å²) >= 11 is 0. The lowest BCUT2D eigenvalue weighted by molar-refractivity contribution is 0.108. The first-order chi connectivity index (χ1) is 9.70. The Hall–Kier alpha value is -1.84. The van der Waals surface area contributed by atoms with Gasteiger partial charge in [-0.05, 0) is 29.7 Å². The molecule has 0 amide bonds. The summed E-state index contributed by atoms with van der Waals surface area (Å²) in [5, 5.41) is 10.0. The van der Waals surface area contributed by atoms with Crippen molar-refractivity contribution in [3.63, 3.8) is 0 Å². The molecule has 1 unspecified atom stereocenters. The van der Waals surface area contributed by atoms with Crippen LogP contribution in [0.15, 0.2) is 54.6 Å². The van der Waals surface area contributed by atoms with Crippen molar-refractivity contribution >= 4 is 0 Å². The molecular weight excluding hydrogens is 250 g/mol. The zero-order valence-electron chi connectivity index (χ0n) is 11.7. The molecule has 0 bridgehead atoms. The van der Waals surface area contributed by atoms with Crippen molar-refractivity contribution in [2.75, 3.05) is 6.61 Å². The second kappa shape index (κ2) is 7.08. The van der Waals surface area contributed by atoms with E-state index in [1.54, 1.807) is 0 Å². The minimum atomic E-state index is -0.617. The lowest BCUT2D eigenvalue weighted by atomic mass is 10.1. The second-order valence-corrected chi connectivity index (χ2v) is 4.82. The van der Waals surface area contributed by atoms with Crippen molar-refractivity contribution < 1.29 is 9.84 Å². The molecule has 2 atom stereocenters. The number of aliphatic hydroxyl groups is 1. The van der Waals surface area contributed by atoms with Crippen LogP contribution in [0.5, 0.6) is 5.75 Å². The van der Waals surface area contributed by atoms with Gasteiger partial charge in [0, 0.05) is 6.04 Å². The third kappa shape index (κ3) is 3.83. The molecule has 0 aromatic heterocycles. The molecule has 3 N–H and O–H groups in total. The van der Waals surface area contributed by atoms with Gasteiger partial charge in [-0.25, -0.2) is 0 Å². The van der Waals surface area contributed by atoms with Gasteiger partial charge in [-0.1, -0.05) is 49.4 Å². The number of aliphatic hydroxyl groups excluding tert-OH is 1. The molecule has 0 radical (unpaired) electrons. The van der Waals surface area contributed by atoms with Gasteiger partial charge in [-0.15, -0.1) is 0 Å². The van der Waals surface area contributed by atoms with Crippen LogP contribution in [-0.4, -0.2) is 11.7 Å². The van der Waals surface area contributed by atoms with E-state index in [2.05, 4.69) is 6.92 Å². The van der Waals surface area contributed by atoms with Gasteiger partial charge >= 0.3 is 0 Å². The second-order valence-electron chi connectivity index (χ2n) is 4.82. The molecule has 0 aliphatic heterocycles. The molecule has 0 saturated carbocycles. The lowest BCUT2D eigenvalue weighted by Gasteiger charge is -2.14. The largest absolute Gasteiger partial charge is 0.491 e. The van der Waals surface area contributed by atoms with E-state index in [0.29, 0.717) is 0 Å². The quantitative estimate of drug-likeness (QED) is 0.848. The summed E-state index contributed by atoms with van der Waals surface area (Å²) in [6.45, 7) is 2.30. The monoisotopic (exact) mass is 271 g/mol. The van der Waals surface area contributed by atoms with E-state index in [0.717, 1.165) is 23.3 Å².